The maximum absolute atomic E-state index is 13.1. The van der Waals surface area contributed by atoms with Gasteiger partial charge in [0.05, 0.1) is 6.04 Å². The Hall–Kier alpha value is -2.87. The lowest BCUT2D eigenvalue weighted by molar-refractivity contribution is 0.0765. The van der Waals surface area contributed by atoms with Gasteiger partial charge in [-0.2, -0.15) is 0 Å². The summed E-state index contributed by atoms with van der Waals surface area (Å²) >= 11 is 0. The first-order valence-electron chi connectivity index (χ1n) is 10.3. The van der Waals surface area contributed by atoms with Crippen LogP contribution >= 0.6 is 0 Å². The second-order valence-corrected chi connectivity index (χ2v) is 8.19. The van der Waals surface area contributed by atoms with Crippen LogP contribution in [0.5, 0.6) is 5.75 Å². The number of hydrogen-bond donors (Lipinski definition) is 2. The maximum Gasteiger partial charge on any atom is 0.332 e. The molecule has 30 heavy (non-hydrogen) atoms. The molecule has 1 aliphatic heterocycles. The molecule has 1 aromatic carbocycles. The maximum atomic E-state index is 13.1. The molecule has 0 spiro atoms. The number of aryl methyl sites for hydroxylation is 1. The van der Waals surface area contributed by atoms with E-state index in [9.17, 15) is 19.5 Å². The van der Waals surface area contributed by atoms with Gasteiger partial charge in [0.2, 0.25) is 0 Å². The summed E-state index contributed by atoms with van der Waals surface area (Å²) in [5, 5.41) is 9.38. The molecule has 1 atom stereocenters. The highest BCUT2D eigenvalue weighted by molar-refractivity contribution is 6.03. The highest BCUT2D eigenvalue weighted by atomic mass is 16.3. The molecule has 2 aromatic rings. The highest BCUT2D eigenvalue weighted by Gasteiger charge is 2.30. The van der Waals surface area contributed by atoms with Gasteiger partial charge in [0, 0.05) is 14.1 Å². The average molecular weight is 415 g/mol. The molecule has 0 bridgehead atoms. The fourth-order valence-electron chi connectivity index (χ4n) is 4.13. The molecule has 1 unspecified atom stereocenters. The van der Waals surface area contributed by atoms with E-state index in [1.165, 1.54) is 19.7 Å². The van der Waals surface area contributed by atoms with Crippen LogP contribution in [0.2, 0.25) is 0 Å². The number of benzene rings is 1. The second kappa shape index (κ2) is 8.87. The SMILES string of the molecule is CC(C(=O)c1c(N)n(C)c(=O)n(C)c1=O)N1CCC(CCc2ccc(O)cc2)CC1. The van der Waals surface area contributed by atoms with E-state index < -0.39 is 17.3 Å². The molecule has 1 fully saturated rings. The Morgan fingerprint density at radius 1 is 1.13 bits per heavy atom. The number of rotatable bonds is 6. The topological polar surface area (TPSA) is 111 Å². The molecule has 3 rings (SSSR count). The molecular weight excluding hydrogens is 384 g/mol. The number of anilines is 1. The second-order valence-electron chi connectivity index (χ2n) is 8.19. The summed E-state index contributed by atoms with van der Waals surface area (Å²) in [6, 6.07) is 6.84. The molecule has 0 saturated carbocycles. The lowest BCUT2D eigenvalue weighted by Gasteiger charge is -2.35. The van der Waals surface area contributed by atoms with Crippen molar-refractivity contribution in [2.24, 2.45) is 20.0 Å². The molecular formula is C22H30N4O4. The number of likely N-dealkylation sites (tertiary alicyclic amines) is 1. The number of phenolic OH excluding ortho intramolecular Hbond substituents is 1. The quantitative estimate of drug-likeness (QED) is 0.689. The van der Waals surface area contributed by atoms with Gasteiger partial charge < -0.3 is 10.8 Å². The van der Waals surface area contributed by atoms with Crippen LogP contribution in [-0.2, 0) is 20.5 Å². The summed E-state index contributed by atoms with van der Waals surface area (Å²) in [6.07, 6.45) is 3.99. The molecule has 3 N–H and O–H groups in total. The van der Waals surface area contributed by atoms with Gasteiger partial charge in [-0.1, -0.05) is 12.1 Å². The van der Waals surface area contributed by atoms with Crippen molar-refractivity contribution in [1.29, 1.82) is 0 Å². The van der Waals surface area contributed by atoms with Crippen LogP contribution in [0.15, 0.2) is 33.9 Å². The Labute approximate surface area is 175 Å². The number of nitrogens with two attached hydrogens (primary N) is 1. The standard InChI is InChI=1S/C22H30N4O4/c1-14(19(28)18-20(23)24(2)22(30)25(3)21(18)29)26-12-10-16(11-13-26)5-4-15-6-8-17(27)9-7-15/h6-9,14,16,27H,4-5,10-13,23H2,1-3H3. The van der Waals surface area contributed by atoms with Gasteiger partial charge in [-0.05, 0) is 69.3 Å². The molecule has 1 saturated heterocycles. The summed E-state index contributed by atoms with van der Waals surface area (Å²) in [5.74, 6) is 0.433. The summed E-state index contributed by atoms with van der Waals surface area (Å²) in [6.45, 7) is 3.35. The number of phenols is 1. The zero-order valence-corrected chi connectivity index (χ0v) is 17.8. The number of piperidine rings is 1. The number of ketones is 1. The van der Waals surface area contributed by atoms with Crippen molar-refractivity contribution < 1.29 is 9.90 Å². The minimum Gasteiger partial charge on any atom is -0.508 e. The third-order valence-corrected chi connectivity index (χ3v) is 6.31. The number of carbonyl (C=O) groups is 1. The first-order chi connectivity index (χ1) is 14.2. The minimum absolute atomic E-state index is 0.0799. The summed E-state index contributed by atoms with van der Waals surface area (Å²) < 4.78 is 2.06. The molecule has 1 aromatic heterocycles. The van der Waals surface area contributed by atoms with Crippen molar-refractivity contribution in [1.82, 2.24) is 14.0 Å². The third-order valence-electron chi connectivity index (χ3n) is 6.31. The van der Waals surface area contributed by atoms with Crippen molar-refractivity contribution in [3.8, 4) is 5.75 Å². The lowest BCUT2D eigenvalue weighted by atomic mass is 9.89. The Bertz CT molecular complexity index is 1030. The van der Waals surface area contributed by atoms with Crippen LogP contribution in [0.25, 0.3) is 0 Å². The summed E-state index contributed by atoms with van der Waals surface area (Å²) in [4.78, 5) is 39.6. The van der Waals surface area contributed by atoms with Crippen molar-refractivity contribution in [3.63, 3.8) is 0 Å². The van der Waals surface area contributed by atoms with Crippen LogP contribution < -0.4 is 17.0 Å². The monoisotopic (exact) mass is 414 g/mol. The first kappa shape index (κ1) is 21.8. The van der Waals surface area contributed by atoms with Gasteiger partial charge in [-0.15, -0.1) is 0 Å². The van der Waals surface area contributed by atoms with Gasteiger partial charge in [0.25, 0.3) is 5.56 Å². The van der Waals surface area contributed by atoms with Gasteiger partial charge >= 0.3 is 5.69 Å². The van der Waals surface area contributed by atoms with Gasteiger partial charge in [-0.25, -0.2) is 4.79 Å². The van der Waals surface area contributed by atoms with Crippen molar-refractivity contribution >= 4 is 11.6 Å². The molecule has 0 amide bonds. The van der Waals surface area contributed by atoms with E-state index in [-0.39, 0.29) is 22.9 Å². The molecule has 1 aliphatic rings. The molecule has 8 nitrogen and oxygen atoms in total. The van der Waals surface area contributed by atoms with E-state index in [4.69, 9.17) is 5.73 Å². The third kappa shape index (κ3) is 4.33. The van der Waals surface area contributed by atoms with Crippen LogP contribution in [0.3, 0.4) is 0 Å². The fourth-order valence-corrected chi connectivity index (χ4v) is 4.13. The zero-order chi connectivity index (χ0) is 22.0. The van der Waals surface area contributed by atoms with E-state index in [2.05, 4.69) is 4.90 Å². The normalized spacial score (nSPS) is 16.5. The van der Waals surface area contributed by atoms with Gasteiger partial charge in [0.15, 0.2) is 5.78 Å². The van der Waals surface area contributed by atoms with Crippen molar-refractivity contribution in [3.05, 3.63) is 56.2 Å². The molecule has 2 heterocycles. The molecule has 162 valence electrons. The zero-order valence-electron chi connectivity index (χ0n) is 17.8. The van der Waals surface area contributed by atoms with Crippen molar-refractivity contribution in [2.75, 3.05) is 18.8 Å². The van der Waals surface area contributed by atoms with Crippen molar-refractivity contribution in [2.45, 2.75) is 38.6 Å². The molecule has 0 radical (unpaired) electrons. The Balaban J connectivity index is 1.62. The fraction of sp³-hybridized carbons (Fsp3) is 0.500. The van der Waals surface area contributed by atoms with Gasteiger partial charge in [-0.3, -0.25) is 23.6 Å². The highest BCUT2D eigenvalue weighted by Crippen LogP contribution is 2.25. The van der Waals surface area contributed by atoms with Crippen LogP contribution in [-0.4, -0.2) is 44.1 Å². The number of aromatic nitrogens is 2. The van der Waals surface area contributed by atoms with E-state index in [0.29, 0.717) is 5.92 Å². The van der Waals surface area contributed by atoms with E-state index in [1.54, 1.807) is 19.1 Å². The predicted molar refractivity (Wildman–Crippen MR) is 116 cm³/mol. The largest absolute Gasteiger partial charge is 0.508 e. The Morgan fingerprint density at radius 2 is 1.73 bits per heavy atom. The number of Topliss-reactive ketones (excluding diaryl/α,β-unsaturated/α-hetero) is 1. The molecule has 0 aliphatic carbocycles. The number of nitrogen functional groups attached to an aromatic ring is 1. The minimum atomic E-state index is -0.642. The Morgan fingerprint density at radius 3 is 2.33 bits per heavy atom. The van der Waals surface area contributed by atoms with Gasteiger partial charge in [0.1, 0.15) is 17.1 Å². The van der Waals surface area contributed by atoms with E-state index in [1.807, 2.05) is 12.1 Å². The number of carbonyl (C=O) groups excluding carboxylic acids is 1. The van der Waals surface area contributed by atoms with Crippen LogP contribution in [0.4, 0.5) is 5.82 Å². The van der Waals surface area contributed by atoms with Crippen LogP contribution in [0, 0.1) is 5.92 Å². The average Bonchev–Trinajstić information content (AvgIpc) is 2.76. The predicted octanol–water partition coefficient (Wildman–Crippen LogP) is 1.29. The number of nitrogens with zero attached hydrogens (tertiary/aromatic N) is 3. The van der Waals surface area contributed by atoms with E-state index in [0.717, 1.165) is 47.9 Å². The lowest BCUT2D eigenvalue weighted by Crippen LogP contribution is -2.48. The summed E-state index contributed by atoms with van der Waals surface area (Å²) in [7, 11) is 2.81. The number of aromatic hydroxyl groups is 1. The smallest absolute Gasteiger partial charge is 0.332 e. The summed E-state index contributed by atoms with van der Waals surface area (Å²) in [5.41, 5.74) is 5.85. The van der Waals surface area contributed by atoms with Crippen LogP contribution in [0.1, 0.15) is 42.1 Å². The van der Waals surface area contributed by atoms with E-state index >= 15 is 0 Å². The first-order valence-corrected chi connectivity index (χ1v) is 10.3. The number of hydrogen-bond acceptors (Lipinski definition) is 6. The Kier molecular flexibility index (Phi) is 6.45. The molecule has 8 heteroatoms.